The maximum atomic E-state index is 12.9. The molecule has 1 aromatic carbocycles. The Kier molecular flexibility index (Phi) is 4.17. The molecule has 0 saturated heterocycles. The van der Waals surface area contributed by atoms with Crippen molar-refractivity contribution in [1.82, 2.24) is 14.6 Å². The number of carbonyl (C=O) groups is 1. The lowest BCUT2D eigenvalue weighted by Gasteiger charge is -2.56. The van der Waals surface area contributed by atoms with E-state index in [4.69, 9.17) is 4.74 Å². The smallest absolute Gasteiger partial charge is 0.250 e. The van der Waals surface area contributed by atoms with Crippen molar-refractivity contribution in [3.05, 3.63) is 29.6 Å². The quantitative estimate of drug-likeness (QED) is 0.627. The minimum atomic E-state index is 0.0677. The van der Waals surface area contributed by atoms with Gasteiger partial charge >= 0.3 is 0 Å². The molecule has 1 amide bonds. The highest BCUT2D eigenvalue weighted by molar-refractivity contribution is 7.15. The maximum Gasteiger partial charge on any atom is 0.250 e. The van der Waals surface area contributed by atoms with Crippen LogP contribution in [0.4, 0.5) is 5.95 Å². The highest BCUT2D eigenvalue weighted by Crippen LogP contribution is 2.61. The Balaban J connectivity index is 1.21. The second kappa shape index (κ2) is 6.80. The largest absolute Gasteiger partial charge is 0.497 e. The first-order chi connectivity index (χ1) is 14.6. The van der Waals surface area contributed by atoms with E-state index in [1.807, 2.05) is 29.6 Å². The number of aromatic nitrogens is 3. The van der Waals surface area contributed by atoms with E-state index in [0.717, 1.165) is 39.7 Å². The number of ether oxygens (including phenoxy) is 1. The van der Waals surface area contributed by atoms with Crippen LogP contribution in [0.25, 0.3) is 16.2 Å². The fourth-order valence-corrected chi connectivity index (χ4v) is 7.56. The molecule has 7 rings (SSSR count). The number of hydrogen-bond donors (Lipinski definition) is 1. The summed E-state index contributed by atoms with van der Waals surface area (Å²) in [5.41, 5.74) is 2.18. The van der Waals surface area contributed by atoms with Crippen LogP contribution in [0.2, 0.25) is 0 Å². The Morgan fingerprint density at radius 2 is 1.97 bits per heavy atom. The van der Waals surface area contributed by atoms with Crippen LogP contribution in [0.5, 0.6) is 5.75 Å². The Hall–Kier alpha value is -2.41. The number of rotatable bonds is 5. The van der Waals surface area contributed by atoms with E-state index >= 15 is 0 Å². The van der Waals surface area contributed by atoms with Gasteiger partial charge in [-0.2, -0.15) is 4.98 Å². The van der Waals surface area contributed by atoms with Crippen molar-refractivity contribution < 1.29 is 9.53 Å². The van der Waals surface area contributed by atoms with Gasteiger partial charge in [0.1, 0.15) is 5.75 Å². The molecule has 3 aromatic rings. The molecule has 2 heterocycles. The lowest BCUT2D eigenvalue weighted by Crippen LogP contribution is -2.47. The Bertz CT molecular complexity index is 1080. The first-order valence-corrected chi connectivity index (χ1v) is 11.8. The molecule has 0 spiro atoms. The number of fused-ring (bicyclic) bond motifs is 1. The highest BCUT2D eigenvalue weighted by Gasteiger charge is 2.51. The minimum Gasteiger partial charge on any atom is -0.497 e. The summed E-state index contributed by atoms with van der Waals surface area (Å²) in [6.45, 7) is 0. The fourth-order valence-electron chi connectivity index (χ4n) is 6.73. The fraction of sp³-hybridized carbons (Fsp3) is 0.522. The van der Waals surface area contributed by atoms with Crippen LogP contribution in [0, 0.1) is 23.2 Å². The number of benzene rings is 1. The van der Waals surface area contributed by atoms with Gasteiger partial charge in [-0.25, -0.2) is 4.52 Å². The Morgan fingerprint density at radius 1 is 1.23 bits per heavy atom. The number of nitrogens with zero attached hydrogens (tertiary/aromatic N) is 3. The van der Waals surface area contributed by atoms with Crippen LogP contribution in [0.1, 0.15) is 44.9 Å². The van der Waals surface area contributed by atoms with Crippen molar-refractivity contribution in [1.29, 1.82) is 0 Å². The lowest BCUT2D eigenvalue weighted by atomic mass is 9.49. The minimum absolute atomic E-state index is 0.0677. The average Bonchev–Trinajstić information content (AvgIpc) is 3.26. The molecule has 0 atom stereocenters. The Labute approximate surface area is 179 Å². The summed E-state index contributed by atoms with van der Waals surface area (Å²) < 4.78 is 7.14. The number of nitrogens with one attached hydrogen (secondary N) is 1. The molecule has 4 fully saturated rings. The third kappa shape index (κ3) is 3.11. The SMILES string of the molecule is COc1cccc(-c2csc3nc(NC(=O)CC45CC6CC(CC(C6)C4)C5)nn23)c1. The molecule has 6 nitrogen and oxygen atoms in total. The molecule has 4 bridgehead atoms. The molecule has 2 aromatic heterocycles. The second-order valence-electron chi connectivity index (χ2n) is 9.63. The van der Waals surface area contributed by atoms with Crippen molar-refractivity contribution in [2.45, 2.75) is 44.9 Å². The van der Waals surface area contributed by atoms with Gasteiger partial charge in [0.2, 0.25) is 16.8 Å². The number of anilines is 1. The van der Waals surface area contributed by atoms with E-state index in [-0.39, 0.29) is 11.3 Å². The molecule has 7 heteroatoms. The summed E-state index contributed by atoms with van der Waals surface area (Å²) >= 11 is 1.52. The van der Waals surface area contributed by atoms with E-state index < -0.39 is 0 Å². The van der Waals surface area contributed by atoms with E-state index in [2.05, 4.69) is 15.4 Å². The monoisotopic (exact) mass is 422 g/mol. The molecular weight excluding hydrogens is 396 g/mol. The first-order valence-electron chi connectivity index (χ1n) is 10.9. The zero-order valence-corrected chi connectivity index (χ0v) is 18.0. The number of amides is 1. The molecule has 156 valence electrons. The predicted octanol–water partition coefficient (Wildman–Crippen LogP) is 5.01. The molecule has 0 aliphatic heterocycles. The van der Waals surface area contributed by atoms with E-state index in [9.17, 15) is 4.79 Å². The number of hydrogen-bond acceptors (Lipinski definition) is 5. The molecular formula is C23H26N4O2S. The molecule has 4 aliphatic rings. The van der Waals surface area contributed by atoms with Crippen molar-refractivity contribution in [3.8, 4) is 17.0 Å². The zero-order valence-electron chi connectivity index (χ0n) is 17.1. The van der Waals surface area contributed by atoms with E-state index in [1.54, 1.807) is 11.6 Å². The van der Waals surface area contributed by atoms with Crippen LogP contribution >= 0.6 is 11.3 Å². The van der Waals surface area contributed by atoms with Gasteiger partial charge in [-0.1, -0.05) is 12.1 Å². The maximum absolute atomic E-state index is 12.9. The molecule has 30 heavy (non-hydrogen) atoms. The van der Waals surface area contributed by atoms with Gasteiger partial charge in [0.25, 0.3) is 0 Å². The van der Waals surface area contributed by atoms with Crippen molar-refractivity contribution >= 4 is 28.2 Å². The van der Waals surface area contributed by atoms with Gasteiger partial charge in [0.15, 0.2) is 0 Å². The first kappa shape index (κ1) is 18.4. The molecule has 4 aliphatic carbocycles. The molecule has 4 saturated carbocycles. The zero-order chi connectivity index (χ0) is 20.3. The van der Waals surface area contributed by atoms with Gasteiger partial charge in [-0.3, -0.25) is 10.1 Å². The Morgan fingerprint density at radius 3 is 2.67 bits per heavy atom. The second-order valence-corrected chi connectivity index (χ2v) is 10.5. The van der Waals surface area contributed by atoms with Gasteiger partial charge in [-0.05, 0) is 73.8 Å². The summed E-state index contributed by atoms with van der Waals surface area (Å²) in [4.78, 5) is 18.2. The predicted molar refractivity (Wildman–Crippen MR) is 117 cm³/mol. The van der Waals surface area contributed by atoms with Crippen LogP contribution in [0.3, 0.4) is 0 Å². The third-order valence-electron chi connectivity index (χ3n) is 7.40. The number of carbonyl (C=O) groups excluding carboxylic acids is 1. The van der Waals surface area contributed by atoms with Crippen LogP contribution in [-0.4, -0.2) is 27.6 Å². The van der Waals surface area contributed by atoms with E-state index in [1.165, 1.54) is 49.9 Å². The number of thiazole rings is 1. The van der Waals surface area contributed by atoms with Crippen molar-refractivity contribution in [3.63, 3.8) is 0 Å². The topological polar surface area (TPSA) is 68.5 Å². The van der Waals surface area contributed by atoms with Crippen molar-refractivity contribution in [2.75, 3.05) is 12.4 Å². The molecule has 0 unspecified atom stereocenters. The summed E-state index contributed by atoms with van der Waals surface area (Å²) in [6, 6.07) is 7.89. The lowest BCUT2D eigenvalue weighted by molar-refractivity contribution is -0.124. The van der Waals surface area contributed by atoms with Gasteiger partial charge in [-0.15, -0.1) is 16.4 Å². The average molecular weight is 423 g/mol. The van der Waals surface area contributed by atoms with Crippen LogP contribution in [0.15, 0.2) is 29.6 Å². The van der Waals surface area contributed by atoms with Gasteiger partial charge in [0.05, 0.1) is 12.8 Å². The normalized spacial score (nSPS) is 29.4. The summed E-state index contributed by atoms with van der Waals surface area (Å²) in [6.07, 6.45) is 8.51. The number of methoxy groups -OCH3 is 1. The highest BCUT2D eigenvalue weighted by atomic mass is 32.1. The summed E-state index contributed by atoms with van der Waals surface area (Å²) in [5.74, 6) is 3.83. The summed E-state index contributed by atoms with van der Waals surface area (Å²) in [7, 11) is 1.66. The van der Waals surface area contributed by atoms with Gasteiger partial charge < -0.3 is 4.74 Å². The summed E-state index contributed by atoms with van der Waals surface area (Å²) in [5, 5.41) is 9.61. The van der Waals surface area contributed by atoms with E-state index in [0.29, 0.717) is 12.4 Å². The molecule has 0 radical (unpaired) electrons. The third-order valence-corrected chi connectivity index (χ3v) is 8.22. The van der Waals surface area contributed by atoms with Gasteiger partial charge in [0, 0.05) is 17.4 Å². The van der Waals surface area contributed by atoms with Crippen molar-refractivity contribution in [2.24, 2.45) is 23.2 Å². The van der Waals surface area contributed by atoms with Crippen LogP contribution in [-0.2, 0) is 4.79 Å². The standard InChI is InChI=1S/C23H26N4O2S/c1-29-18-4-2-3-17(8-18)19-13-30-22-25-21(26-27(19)22)24-20(28)12-23-9-14-5-15(10-23)7-16(6-14)11-23/h2-4,8,13-16H,5-7,9-12H2,1H3,(H,24,26,28). The van der Waals surface area contributed by atoms with Crippen LogP contribution < -0.4 is 10.1 Å². The molecule has 1 N–H and O–H groups in total.